The molecule has 2 fully saturated rings. The van der Waals surface area contributed by atoms with Crippen LogP contribution in [0.5, 0.6) is 17.2 Å². The van der Waals surface area contributed by atoms with E-state index in [0.29, 0.717) is 35.3 Å². The molecule has 1 aromatic heterocycles. The first kappa shape index (κ1) is 29.0. The Bertz CT molecular complexity index is 1800. The summed E-state index contributed by atoms with van der Waals surface area (Å²) in [6.07, 6.45) is 3.63. The molecule has 7 rings (SSSR count). The number of para-hydroxylation sites is 1. The molecule has 0 bridgehead atoms. The molecule has 3 aromatic carbocycles. The number of carbonyl (C=O) groups is 1. The minimum atomic E-state index is -1.21. The quantitative estimate of drug-likeness (QED) is 0.226. The summed E-state index contributed by atoms with van der Waals surface area (Å²) in [5.41, 5.74) is 2.70. The molecule has 228 valence electrons. The van der Waals surface area contributed by atoms with Gasteiger partial charge in [-0.15, -0.1) is 0 Å². The predicted molar refractivity (Wildman–Crippen MR) is 173 cm³/mol. The molecule has 4 heterocycles. The van der Waals surface area contributed by atoms with Crippen LogP contribution in [0, 0.1) is 17.2 Å². The van der Waals surface area contributed by atoms with Gasteiger partial charge >= 0.3 is 0 Å². The predicted octanol–water partition coefficient (Wildman–Crippen LogP) is 5.49. The van der Waals surface area contributed by atoms with Crippen molar-refractivity contribution in [3.05, 3.63) is 102 Å². The van der Waals surface area contributed by atoms with Crippen molar-refractivity contribution in [3.63, 3.8) is 0 Å². The number of hydrogen-bond donors (Lipinski definition) is 0. The number of methoxy groups -OCH3 is 2. The van der Waals surface area contributed by atoms with Crippen molar-refractivity contribution in [2.24, 2.45) is 5.92 Å². The van der Waals surface area contributed by atoms with Crippen LogP contribution in [-0.4, -0.2) is 62.3 Å². The van der Waals surface area contributed by atoms with Crippen LogP contribution in [0.3, 0.4) is 0 Å². The molecule has 3 atom stereocenters. The number of benzene rings is 3. The van der Waals surface area contributed by atoms with Crippen LogP contribution in [-0.2, 0) is 10.3 Å². The third-order valence-corrected chi connectivity index (χ3v) is 10.1. The summed E-state index contributed by atoms with van der Waals surface area (Å²) >= 11 is 1.31. The maximum Gasteiger partial charge on any atom is 0.267 e. The minimum absolute atomic E-state index is 0.107. The van der Waals surface area contributed by atoms with Crippen molar-refractivity contribution in [2.75, 3.05) is 49.7 Å². The molecular formula is C35H33N5O4S. The molecule has 4 aromatic rings. The van der Waals surface area contributed by atoms with Gasteiger partial charge in [-0.05, 0) is 67.4 Å². The molecular weight excluding hydrogens is 586 g/mol. The Morgan fingerprint density at radius 2 is 1.78 bits per heavy atom. The highest BCUT2D eigenvalue weighted by atomic mass is 32.2. The van der Waals surface area contributed by atoms with E-state index in [0.717, 1.165) is 47.0 Å². The number of fused-ring (bicyclic) bond motifs is 2. The van der Waals surface area contributed by atoms with Crippen LogP contribution >= 0.6 is 11.9 Å². The third-order valence-electron chi connectivity index (χ3n) is 9.06. The Labute approximate surface area is 267 Å². The molecule has 3 aliphatic heterocycles. The zero-order chi connectivity index (χ0) is 31.1. The van der Waals surface area contributed by atoms with Crippen molar-refractivity contribution in [1.82, 2.24) is 9.88 Å². The molecule has 45 heavy (non-hydrogen) atoms. The maximum absolute atomic E-state index is 15.4. The normalized spacial score (nSPS) is 22.0. The Morgan fingerprint density at radius 3 is 2.53 bits per heavy atom. The number of likely N-dealkylation sites (tertiary alicyclic amines) is 1. The number of amides is 1. The molecule has 0 saturated carbocycles. The molecule has 2 saturated heterocycles. The standard InChI is InChI=1S/C35H33N5O4S/c1-4-44-31-8-6-5-7-27(31)35(39-21-24-20-38(22-30(24)39)25-13-15-37-16-14-25)28-17-23(19-36)9-11-29(28)40(34(35)41)45-33-12-10-26(42-2)18-32(33)43-3/h5-18,24,30H,4,20-22H2,1-3H3/t24-,30-,35+/m1/s1. The second-order valence-electron chi connectivity index (χ2n) is 11.3. The summed E-state index contributed by atoms with van der Waals surface area (Å²) in [5.74, 6) is 2.19. The van der Waals surface area contributed by atoms with Gasteiger partial charge < -0.3 is 19.1 Å². The number of anilines is 2. The fraction of sp³-hybridized carbons (Fsp3) is 0.286. The Balaban J connectivity index is 1.39. The van der Waals surface area contributed by atoms with Gasteiger partial charge in [-0.25, -0.2) is 4.31 Å². The summed E-state index contributed by atoms with van der Waals surface area (Å²) in [6.45, 7) is 4.79. The van der Waals surface area contributed by atoms with E-state index in [1.165, 1.54) is 11.9 Å². The first-order valence-electron chi connectivity index (χ1n) is 15.0. The van der Waals surface area contributed by atoms with E-state index in [2.05, 4.69) is 20.9 Å². The number of rotatable bonds is 9. The van der Waals surface area contributed by atoms with Gasteiger partial charge in [0.05, 0.1) is 43.0 Å². The van der Waals surface area contributed by atoms with E-state index >= 15 is 4.79 Å². The number of hydrogen-bond acceptors (Lipinski definition) is 9. The van der Waals surface area contributed by atoms with E-state index < -0.39 is 5.54 Å². The number of nitrogens with zero attached hydrogens (tertiary/aromatic N) is 5. The van der Waals surface area contributed by atoms with E-state index in [9.17, 15) is 5.26 Å². The minimum Gasteiger partial charge on any atom is -0.497 e. The molecule has 0 spiro atoms. The van der Waals surface area contributed by atoms with Crippen molar-refractivity contribution in [1.29, 1.82) is 5.26 Å². The lowest BCUT2D eigenvalue weighted by Crippen LogP contribution is -2.67. The largest absolute Gasteiger partial charge is 0.497 e. The molecule has 0 N–H and O–H groups in total. The van der Waals surface area contributed by atoms with Crippen LogP contribution < -0.4 is 23.4 Å². The number of nitriles is 1. The highest BCUT2D eigenvalue weighted by Gasteiger charge is 2.64. The third kappa shape index (κ3) is 4.57. The summed E-state index contributed by atoms with van der Waals surface area (Å²) in [6, 6.07) is 25.4. The zero-order valence-electron chi connectivity index (χ0n) is 25.3. The zero-order valence-corrected chi connectivity index (χ0v) is 26.2. The fourth-order valence-corrected chi connectivity index (χ4v) is 8.04. The van der Waals surface area contributed by atoms with Crippen molar-refractivity contribution >= 4 is 29.2 Å². The van der Waals surface area contributed by atoms with Gasteiger partial charge in [0.1, 0.15) is 17.2 Å². The second kappa shape index (κ2) is 11.7. The Morgan fingerprint density at radius 1 is 0.956 bits per heavy atom. The van der Waals surface area contributed by atoms with E-state index in [1.54, 1.807) is 24.6 Å². The van der Waals surface area contributed by atoms with Gasteiger partial charge in [0.15, 0.2) is 5.54 Å². The Hall–Kier alpha value is -4.72. The molecule has 1 amide bonds. The summed E-state index contributed by atoms with van der Waals surface area (Å²) < 4.78 is 19.1. The van der Waals surface area contributed by atoms with Gasteiger partial charge in [0.25, 0.3) is 5.91 Å². The Kier molecular flexibility index (Phi) is 7.51. The van der Waals surface area contributed by atoms with Crippen molar-refractivity contribution < 1.29 is 19.0 Å². The van der Waals surface area contributed by atoms with E-state index in [-0.39, 0.29) is 11.9 Å². The highest BCUT2D eigenvalue weighted by molar-refractivity contribution is 8.01. The fourth-order valence-electron chi connectivity index (χ4n) is 7.01. The lowest BCUT2D eigenvalue weighted by Gasteiger charge is -2.53. The molecule has 10 heteroatoms. The smallest absolute Gasteiger partial charge is 0.267 e. The lowest BCUT2D eigenvalue weighted by molar-refractivity contribution is -0.134. The highest BCUT2D eigenvalue weighted by Crippen LogP contribution is 2.58. The van der Waals surface area contributed by atoms with Crippen LogP contribution in [0.25, 0.3) is 0 Å². The van der Waals surface area contributed by atoms with E-state index in [4.69, 9.17) is 14.2 Å². The van der Waals surface area contributed by atoms with Crippen molar-refractivity contribution in [2.45, 2.75) is 23.4 Å². The topological polar surface area (TPSA) is 91.2 Å². The van der Waals surface area contributed by atoms with Gasteiger partial charge in [-0.2, -0.15) is 5.26 Å². The van der Waals surface area contributed by atoms with Crippen LogP contribution in [0.1, 0.15) is 23.6 Å². The second-order valence-corrected chi connectivity index (χ2v) is 12.3. The average molecular weight is 620 g/mol. The summed E-state index contributed by atoms with van der Waals surface area (Å²) in [7, 11) is 3.22. The average Bonchev–Trinajstić information content (AvgIpc) is 3.53. The maximum atomic E-state index is 15.4. The van der Waals surface area contributed by atoms with Crippen molar-refractivity contribution in [3.8, 4) is 23.3 Å². The van der Waals surface area contributed by atoms with Crippen LogP contribution in [0.2, 0.25) is 0 Å². The number of ether oxygens (including phenoxy) is 3. The van der Waals surface area contributed by atoms with Gasteiger partial charge in [0, 0.05) is 66.9 Å². The monoisotopic (exact) mass is 619 g/mol. The molecule has 3 aliphatic rings. The number of carbonyl (C=O) groups excluding carboxylic acids is 1. The van der Waals surface area contributed by atoms with E-state index in [1.807, 2.05) is 86.0 Å². The van der Waals surface area contributed by atoms with Gasteiger partial charge in [-0.3, -0.25) is 14.7 Å². The first-order valence-corrected chi connectivity index (χ1v) is 15.7. The first-order chi connectivity index (χ1) is 22.0. The number of aromatic nitrogens is 1. The molecule has 0 radical (unpaired) electrons. The van der Waals surface area contributed by atoms with Crippen LogP contribution in [0.15, 0.2) is 90.1 Å². The molecule has 0 aliphatic carbocycles. The van der Waals surface area contributed by atoms with Gasteiger partial charge in [-0.1, -0.05) is 18.2 Å². The number of pyridine rings is 1. The molecule has 9 nitrogen and oxygen atoms in total. The lowest BCUT2D eigenvalue weighted by atomic mass is 9.75. The molecule has 0 unspecified atom stereocenters. The summed E-state index contributed by atoms with van der Waals surface area (Å²) in [4.78, 5) is 25.1. The summed E-state index contributed by atoms with van der Waals surface area (Å²) in [5, 5.41) is 10.0. The van der Waals surface area contributed by atoms with Crippen LogP contribution in [0.4, 0.5) is 11.4 Å². The SMILES string of the molecule is CCOc1ccccc1[C@@]1(N2C[C@H]3CN(c4ccncc4)C[C@H]32)C(=O)N(Sc2ccc(OC)cc2OC)c2ccc(C#N)cc21. The van der Waals surface area contributed by atoms with Gasteiger partial charge in [0.2, 0.25) is 0 Å².